The topological polar surface area (TPSA) is 40.5 Å². The van der Waals surface area contributed by atoms with Crippen molar-refractivity contribution in [2.24, 2.45) is 5.92 Å². The molecule has 0 fully saturated rings. The molecule has 1 unspecified atom stereocenters. The lowest BCUT2D eigenvalue weighted by molar-refractivity contribution is -0.137. The predicted molar refractivity (Wildman–Crippen MR) is 78.7 cm³/mol. The molecule has 0 aromatic heterocycles. The molecule has 3 nitrogen and oxygen atoms in total. The Balaban J connectivity index is 2.57. The van der Waals surface area contributed by atoms with Crippen molar-refractivity contribution in [3.05, 3.63) is 35.4 Å². The van der Waals surface area contributed by atoms with Gasteiger partial charge in [-0.05, 0) is 30.5 Å². The average molecular weight is 284 g/mol. The van der Waals surface area contributed by atoms with E-state index in [0.29, 0.717) is 12.5 Å². The zero-order chi connectivity index (χ0) is 14.4. The van der Waals surface area contributed by atoms with Crippen LogP contribution in [-0.2, 0) is 11.2 Å². The minimum Gasteiger partial charge on any atom is -0.480 e. The molecule has 0 amide bonds. The number of nitrogens with zero attached hydrogens (tertiary/aromatic N) is 1. The Hall–Kier alpha value is -1.06. The molecule has 0 radical (unpaired) electrons. The van der Waals surface area contributed by atoms with Gasteiger partial charge in [-0.2, -0.15) is 0 Å². The highest BCUT2D eigenvalue weighted by molar-refractivity contribution is 6.21. The number of aliphatic carboxylic acids is 1. The smallest absolute Gasteiger partial charge is 0.317 e. The van der Waals surface area contributed by atoms with Crippen LogP contribution in [0.25, 0.3) is 0 Å². The minimum absolute atomic E-state index is 0.00858. The summed E-state index contributed by atoms with van der Waals surface area (Å²) in [4.78, 5) is 12.3. The fraction of sp³-hybridized carbons (Fsp3) is 0.533. The molecular weight excluding hydrogens is 262 g/mol. The molecule has 1 aromatic carbocycles. The molecule has 0 spiro atoms. The highest BCUT2D eigenvalue weighted by Crippen LogP contribution is 2.22. The number of alkyl halides is 1. The van der Waals surface area contributed by atoms with Gasteiger partial charge >= 0.3 is 5.97 Å². The third-order valence-corrected chi connectivity index (χ3v) is 3.25. The molecule has 0 aliphatic rings. The molecule has 0 aliphatic heterocycles. The Morgan fingerprint density at radius 1 is 1.32 bits per heavy atom. The first-order valence-corrected chi connectivity index (χ1v) is 6.95. The van der Waals surface area contributed by atoms with Gasteiger partial charge in [0.1, 0.15) is 0 Å². The molecule has 0 heterocycles. The second-order valence-electron chi connectivity index (χ2n) is 5.40. The molecule has 19 heavy (non-hydrogen) atoms. The average Bonchev–Trinajstić information content (AvgIpc) is 2.27. The van der Waals surface area contributed by atoms with E-state index in [4.69, 9.17) is 16.7 Å². The van der Waals surface area contributed by atoms with Crippen LogP contribution in [0, 0.1) is 5.92 Å². The summed E-state index contributed by atoms with van der Waals surface area (Å²) in [6.45, 7) is 4.92. The molecule has 1 aromatic rings. The van der Waals surface area contributed by atoms with Gasteiger partial charge in [-0.1, -0.05) is 38.1 Å². The van der Waals surface area contributed by atoms with Crippen LogP contribution in [0.15, 0.2) is 24.3 Å². The van der Waals surface area contributed by atoms with Gasteiger partial charge in [-0.25, -0.2) is 0 Å². The zero-order valence-electron chi connectivity index (χ0n) is 11.8. The summed E-state index contributed by atoms with van der Waals surface area (Å²) < 4.78 is 0. The van der Waals surface area contributed by atoms with E-state index < -0.39 is 5.97 Å². The van der Waals surface area contributed by atoms with Gasteiger partial charge in [0, 0.05) is 6.54 Å². The van der Waals surface area contributed by atoms with Crippen LogP contribution in [0.2, 0.25) is 0 Å². The lowest BCUT2D eigenvalue weighted by Crippen LogP contribution is -2.28. The van der Waals surface area contributed by atoms with Gasteiger partial charge in [0.15, 0.2) is 0 Å². The van der Waals surface area contributed by atoms with Crippen LogP contribution in [0.5, 0.6) is 0 Å². The predicted octanol–water partition coefficient (Wildman–Crippen LogP) is 3.18. The summed E-state index contributed by atoms with van der Waals surface area (Å²) in [6.07, 6.45) is 1.06. The standard InChI is InChI=1S/C15H22ClNO2/c1-11(2)8-12-4-6-13(7-5-12)14(16)9-17(3)10-15(18)19/h4-7,11,14H,8-10H2,1-3H3,(H,18,19). The van der Waals surface area contributed by atoms with Gasteiger partial charge in [-0.15, -0.1) is 11.6 Å². The van der Waals surface area contributed by atoms with E-state index in [0.717, 1.165) is 12.0 Å². The summed E-state index contributed by atoms with van der Waals surface area (Å²) >= 11 is 6.31. The SMILES string of the molecule is CC(C)Cc1ccc(C(Cl)CN(C)CC(=O)O)cc1. The lowest BCUT2D eigenvalue weighted by Gasteiger charge is -2.18. The van der Waals surface area contributed by atoms with E-state index in [-0.39, 0.29) is 11.9 Å². The van der Waals surface area contributed by atoms with Crippen LogP contribution in [0.1, 0.15) is 30.4 Å². The molecule has 4 heteroatoms. The van der Waals surface area contributed by atoms with E-state index >= 15 is 0 Å². The number of hydrogen-bond donors (Lipinski definition) is 1. The summed E-state index contributed by atoms with van der Waals surface area (Å²) in [5.74, 6) is -0.196. The maximum absolute atomic E-state index is 10.6. The third kappa shape index (κ3) is 6.08. The molecule has 0 aliphatic carbocycles. The number of carbonyl (C=O) groups is 1. The van der Waals surface area contributed by atoms with Crippen LogP contribution < -0.4 is 0 Å². The van der Waals surface area contributed by atoms with Gasteiger partial charge in [0.2, 0.25) is 0 Å². The van der Waals surface area contributed by atoms with Gasteiger partial charge in [-0.3, -0.25) is 9.69 Å². The molecule has 0 saturated carbocycles. The van der Waals surface area contributed by atoms with E-state index in [1.807, 2.05) is 12.1 Å². The first-order valence-electron chi connectivity index (χ1n) is 6.51. The van der Waals surface area contributed by atoms with Gasteiger partial charge < -0.3 is 5.11 Å². The summed E-state index contributed by atoms with van der Waals surface area (Å²) in [5, 5.41) is 8.52. The molecule has 0 bridgehead atoms. The van der Waals surface area contributed by atoms with Gasteiger partial charge in [0.05, 0.1) is 11.9 Å². The van der Waals surface area contributed by atoms with Crippen molar-refractivity contribution in [3.63, 3.8) is 0 Å². The van der Waals surface area contributed by atoms with E-state index in [1.165, 1.54) is 5.56 Å². The fourth-order valence-corrected chi connectivity index (χ4v) is 2.39. The molecular formula is C15H22ClNO2. The summed E-state index contributed by atoms with van der Waals surface area (Å²) in [5.41, 5.74) is 2.34. The molecule has 1 rings (SSSR count). The van der Waals surface area contributed by atoms with Crippen molar-refractivity contribution in [1.29, 1.82) is 0 Å². The Morgan fingerprint density at radius 3 is 2.37 bits per heavy atom. The largest absolute Gasteiger partial charge is 0.480 e. The number of benzene rings is 1. The number of hydrogen-bond acceptors (Lipinski definition) is 2. The van der Waals surface area contributed by atoms with E-state index in [1.54, 1.807) is 11.9 Å². The van der Waals surface area contributed by atoms with Gasteiger partial charge in [0.25, 0.3) is 0 Å². The maximum Gasteiger partial charge on any atom is 0.317 e. The highest BCUT2D eigenvalue weighted by atomic mass is 35.5. The normalized spacial score (nSPS) is 12.9. The summed E-state index contributed by atoms with van der Waals surface area (Å²) in [7, 11) is 1.76. The Morgan fingerprint density at radius 2 is 1.89 bits per heavy atom. The second kappa shape index (κ2) is 7.51. The number of carboxylic acid groups (broad SMARTS) is 1. The number of carboxylic acids is 1. The lowest BCUT2D eigenvalue weighted by atomic mass is 10.0. The van der Waals surface area contributed by atoms with Crippen LogP contribution >= 0.6 is 11.6 Å². The molecule has 1 atom stereocenters. The van der Waals surface area contributed by atoms with E-state index in [2.05, 4.69) is 26.0 Å². The maximum atomic E-state index is 10.6. The van der Waals surface area contributed by atoms with Crippen LogP contribution in [-0.4, -0.2) is 36.1 Å². The zero-order valence-corrected chi connectivity index (χ0v) is 12.5. The quantitative estimate of drug-likeness (QED) is 0.782. The third-order valence-electron chi connectivity index (χ3n) is 2.86. The fourth-order valence-electron chi connectivity index (χ4n) is 2.01. The Kier molecular flexibility index (Phi) is 6.32. The van der Waals surface area contributed by atoms with Crippen molar-refractivity contribution in [3.8, 4) is 0 Å². The minimum atomic E-state index is -0.835. The van der Waals surface area contributed by atoms with Crippen LogP contribution in [0.3, 0.4) is 0 Å². The van der Waals surface area contributed by atoms with Crippen molar-refractivity contribution in [2.45, 2.75) is 25.6 Å². The van der Waals surface area contributed by atoms with E-state index in [9.17, 15) is 4.79 Å². The van der Waals surface area contributed by atoms with Crippen molar-refractivity contribution in [2.75, 3.05) is 20.1 Å². The van der Waals surface area contributed by atoms with Crippen molar-refractivity contribution >= 4 is 17.6 Å². The summed E-state index contributed by atoms with van der Waals surface area (Å²) in [6, 6.07) is 8.26. The van der Waals surface area contributed by atoms with Crippen molar-refractivity contribution in [1.82, 2.24) is 4.90 Å². The second-order valence-corrected chi connectivity index (χ2v) is 5.92. The molecule has 1 N–H and O–H groups in total. The van der Waals surface area contributed by atoms with Crippen molar-refractivity contribution < 1.29 is 9.90 Å². The first kappa shape index (κ1) is 16.0. The number of likely N-dealkylation sites (N-methyl/N-ethyl adjacent to an activating group) is 1. The number of rotatable bonds is 7. The monoisotopic (exact) mass is 283 g/mol. The molecule has 106 valence electrons. The number of halogens is 1. The molecule has 0 saturated heterocycles. The first-order chi connectivity index (χ1) is 8.88. The Bertz CT molecular complexity index is 403. The highest BCUT2D eigenvalue weighted by Gasteiger charge is 2.13. The Labute approximate surface area is 120 Å². The van der Waals surface area contributed by atoms with Crippen LogP contribution in [0.4, 0.5) is 0 Å².